The number of aliphatic hydroxyl groups is 1. The van der Waals surface area contributed by atoms with Crippen molar-refractivity contribution in [3.8, 4) is 0 Å². The number of aryl methyl sites for hydroxylation is 1. The second kappa shape index (κ2) is 10.2. The molecule has 0 atom stereocenters. The van der Waals surface area contributed by atoms with Gasteiger partial charge in [0, 0.05) is 51.4 Å². The van der Waals surface area contributed by atoms with Crippen LogP contribution in [0.2, 0.25) is 0 Å². The Morgan fingerprint density at radius 1 is 1.22 bits per heavy atom. The molecule has 0 bridgehead atoms. The van der Waals surface area contributed by atoms with E-state index in [1.165, 1.54) is 10.9 Å². The van der Waals surface area contributed by atoms with Gasteiger partial charge >= 0.3 is 5.69 Å². The molecule has 2 aromatic heterocycles. The van der Waals surface area contributed by atoms with Crippen molar-refractivity contribution < 1.29 is 14.3 Å². The summed E-state index contributed by atoms with van der Waals surface area (Å²) in [6.07, 6.45) is 1.51. The summed E-state index contributed by atoms with van der Waals surface area (Å²) < 4.78 is 17.0. The molecule has 0 radical (unpaired) electrons. The molecule has 194 valence electrons. The van der Waals surface area contributed by atoms with Crippen LogP contribution in [0.3, 0.4) is 0 Å². The van der Waals surface area contributed by atoms with Crippen molar-refractivity contribution in [3.63, 3.8) is 0 Å². The maximum atomic E-state index is 15.6. The number of hydrogen-bond donors (Lipinski definition) is 3. The van der Waals surface area contributed by atoms with E-state index < -0.39 is 11.5 Å². The van der Waals surface area contributed by atoms with Crippen molar-refractivity contribution in [1.82, 2.24) is 24.8 Å². The van der Waals surface area contributed by atoms with Gasteiger partial charge in [-0.1, -0.05) is 0 Å². The first-order valence-corrected chi connectivity index (χ1v) is 12.3. The molecule has 12 heteroatoms. The van der Waals surface area contributed by atoms with Crippen molar-refractivity contribution in [2.24, 2.45) is 4.99 Å². The topological polar surface area (TPSA) is 128 Å². The fraction of sp³-hybridized carbons (Fsp3) is 0.400. The predicted octanol–water partition coefficient (Wildman–Crippen LogP) is 1.39. The first kappa shape index (κ1) is 24.8. The lowest BCUT2D eigenvalue weighted by atomic mass is 10.1. The van der Waals surface area contributed by atoms with E-state index in [0.717, 1.165) is 24.5 Å². The number of hydrogen-bond acceptors (Lipinski definition) is 9. The van der Waals surface area contributed by atoms with Gasteiger partial charge < -0.3 is 20.6 Å². The molecule has 1 amide bonds. The number of halogens is 1. The van der Waals surface area contributed by atoms with Gasteiger partial charge in [0.25, 0.3) is 5.91 Å². The smallest absolute Gasteiger partial charge is 0.349 e. The largest absolute Gasteiger partial charge is 0.395 e. The third-order valence-electron chi connectivity index (χ3n) is 6.75. The van der Waals surface area contributed by atoms with Crippen LogP contribution in [-0.2, 0) is 13.1 Å². The van der Waals surface area contributed by atoms with Crippen molar-refractivity contribution in [1.29, 1.82) is 0 Å². The van der Waals surface area contributed by atoms with E-state index in [-0.39, 0.29) is 24.6 Å². The van der Waals surface area contributed by atoms with Gasteiger partial charge in [-0.2, -0.15) is 4.98 Å². The maximum absolute atomic E-state index is 15.6. The first-order valence-electron chi connectivity index (χ1n) is 12.3. The van der Waals surface area contributed by atoms with Crippen LogP contribution in [0.1, 0.15) is 28.7 Å². The highest BCUT2D eigenvalue weighted by Crippen LogP contribution is 2.36. The SMILES string of the molecule is CCn1c2c3c(cc(CN4CCN(c5ccc(C(=O)NCCO)nc5C)CC4)c(F)c3nc1=O)NC=N2. The highest BCUT2D eigenvalue weighted by atomic mass is 19.1. The average molecular weight is 509 g/mol. The van der Waals surface area contributed by atoms with E-state index >= 15 is 4.39 Å². The number of carbonyl (C=O) groups is 1. The number of pyridine rings is 1. The van der Waals surface area contributed by atoms with Crippen LogP contribution in [0.25, 0.3) is 10.9 Å². The van der Waals surface area contributed by atoms with Gasteiger partial charge in [-0.15, -0.1) is 0 Å². The van der Waals surface area contributed by atoms with Gasteiger partial charge in [0.1, 0.15) is 17.0 Å². The summed E-state index contributed by atoms with van der Waals surface area (Å²) in [6, 6.07) is 5.35. The number of nitrogens with one attached hydrogen (secondary N) is 2. The Morgan fingerprint density at radius 2 is 2.00 bits per heavy atom. The Hall–Kier alpha value is -3.90. The maximum Gasteiger partial charge on any atom is 0.349 e. The number of piperazine rings is 1. The summed E-state index contributed by atoms with van der Waals surface area (Å²) in [4.78, 5) is 41.7. The number of carbonyl (C=O) groups excluding carboxylic acids is 1. The Kier molecular flexibility index (Phi) is 6.85. The Balaban J connectivity index is 1.31. The van der Waals surface area contributed by atoms with Gasteiger partial charge in [0.15, 0.2) is 5.82 Å². The molecule has 37 heavy (non-hydrogen) atoms. The molecule has 11 nitrogen and oxygen atoms in total. The zero-order chi connectivity index (χ0) is 26.1. The number of aliphatic hydroxyl groups excluding tert-OH is 1. The minimum Gasteiger partial charge on any atom is -0.395 e. The number of rotatable bonds is 7. The Morgan fingerprint density at radius 3 is 2.70 bits per heavy atom. The van der Waals surface area contributed by atoms with Gasteiger partial charge in [-0.25, -0.2) is 19.2 Å². The highest BCUT2D eigenvalue weighted by molar-refractivity contribution is 6.06. The van der Waals surface area contributed by atoms with E-state index in [0.29, 0.717) is 54.3 Å². The molecule has 0 spiro atoms. The highest BCUT2D eigenvalue weighted by Gasteiger charge is 2.25. The number of amides is 1. The summed E-state index contributed by atoms with van der Waals surface area (Å²) in [5, 5.41) is 15.1. The van der Waals surface area contributed by atoms with Gasteiger partial charge in [-0.3, -0.25) is 14.3 Å². The van der Waals surface area contributed by atoms with Gasteiger partial charge in [-0.05, 0) is 32.0 Å². The second-order valence-corrected chi connectivity index (χ2v) is 9.03. The van der Waals surface area contributed by atoms with Crippen LogP contribution in [0.5, 0.6) is 0 Å². The summed E-state index contributed by atoms with van der Waals surface area (Å²) >= 11 is 0. The van der Waals surface area contributed by atoms with Crippen LogP contribution in [0, 0.1) is 12.7 Å². The minimum atomic E-state index is -0.513. The van der Waals surface area contributed by atoms with Crippen LogP contribution < -0.4 is 21.2 Å². The van der Waals surface area contributed by atoms with E-state index in [4.69, 9.17) is 5.11 Å². The number of nitrogens with zero attached hydrogens (tertiary/aromatic N) is 6. The fourth-order valence-corrected chi connectivity index (χ4v) is 4.89. The van der Waals surface area contributed by atoms with Crippen LogP contribution in [-0.4, -0.2) is 76.1 Å². The molecule has 5 rings (SSSR count). The molecule has 2 aliphatic rings. The lowest BCUT2D eigenvalue weighted by Gasteiger charge is -2.36. The first-order chi connectivity index (χ1) is 17.9. The van der Waals surface area contributed by atoms with E-state index in [9.17, 15) is 9.59 Å². The molecule has 0 aliphatic carbocycles. The third kappa shape index (κ3) is 4.65. The lowest BCUT2D eigenvalue weighted by Crippen LogP contribution is -2.46. The molecule has 0 saturated carbocycles. The number of benzene rings is 1. The molecule has 3 aromatic rings. The van der Waals surface area contributed by atoms with Crippen LogP contribution in [0.15, 0.2) is 28.0 Å². The zero-order valence-corrected chi connectivity index (χ0v) is 20.8. The summed E-state index contributed by atoms with van der Waals surface area (Å²) in [5.41, 5.74) is 2.71. The molecule has 1 saturated heterocycles. The Bertz CT molecular complexity index is 1450. The average Bonchev–Trinajstić information content (AvgIpc) is 2.90. The van der Waals surface area contributed by atoms with E-state index in [1.807, 2.05) is 19.9 Å². The minimum absolute atomic E-state index is 0.0463. The monoisotopic (exact) mass is 508 g/mol. The normalized spacial score (nSPS) is 15.2. The van der Waals surface area contributed by atoms with Crippen molar-refractivity contribution in [2.45, 2.75) is 26.9 Å². The van der Waals surface area contributed by atoms with E-state index in [2.05, 4.69) is 35.4 Å². The molecule has 2 aliphatic heterocycles. The molecule has 0 unspecified atom stereocenters. The standard InChI is InChI=1S/C25H29FN8O3/c1-3-34-23-20-18(28-14-29-23)12-16(21(26)22(20)31-25(34)37)13-32-7-9-33(10-8-32)19-5-4-17(30-15(19)2)24(36)27-6-11-35/h4-5,12,14,35H,3,6-11,13H2,1-2H3,(H,27,36)(H,28,29). The molecule has 3 N–H and O–H groups in total. The molecule has 1 aromatic carbocycles. The Labute approximate surface area is 212 Å². The molecule has 1 fully saturated rings. The quantitative estimate of drug-likeness (QED) is 0.437. The van der Waals surface area contributed by atoms with Crippen LogP contribution in [0.4, 0.5) is 21.6 Å². The third-order valence-corrected chi connectivity index (χ3v) is 6.75. The summed E-state index contributed by atoms with van der Waals surface area (Å²) in [7, 11) is 0. The summed E-state index contributed by atoms with van der Waals surface area (Å²) in [5.74, 6) is -0.385. The van der Waals surface area contributed by atoms with Gasteiger partial charge in [0.2, 0.25) is 0 Å². The molecular weight excluding hydrogens is 479 g/mol. The number of anilines is 2. The summed E-state index contributed by atoms with van der Waals surface area (Å²) in [6.45, 7) is 7.38. The lowest BCUT2D eigenvalue weighted by molar-refractivity contribution is 0.0939. The van der Waals surface area contributed by atoms with Crippen molar-refractivity contribution in [2.75, 3.05) is 49.5 Å². The van der Waals surface area contributed by atoms with Gasteiger partial charge in [0.05, 0.1) is 35.4 Å². The second-order valence-electron chi connectivity index (χ2n) is 9.03. The number of aromatic nitrogens is 3. The number of aliphatic imine (C=N–C) groups is 1. The molecule has 4 heterocycles. The van der Waals surface area contributed by atoms with Crippen LogP contribution >= 0.6 is 0 Å². The van der Waals surface area contributed by atoms with Crippen molar-refractivity contribution >= 4 is 40.3 Å². The zero-order valence-electron chi connectivity index (χ0n) is 20.8. The van der Waals surface area contributed by atoms with E-state index in [1.54, 1.807) is 12.1 Å². The van der Waals surface area contributed by atoms with Crippen molar-refractivity contribution in [3.05, 3.63) is 51.5 Å². The molecular formula is C25H29FN8O3. The predicted molar refractivity (Wildman–Crippen MR) is 139 cm³/mol. The fourth-order valence-electron chi connectivity index (χ4n) is 4.89.